The Labute approximate surface area is 306 Å². The summed E-state index contributed by atoms with van der Waals surface area (Å²) in [6, 6.07) is 40.2. The second-order valence-electron chi connectivity index (χ2n) is 15.5. The first-order valence-electron chi connectivity index (χ1n) is 18.1. The van der Waals surface area contributed by atoms with Gasteiger partial charge in [-0.15, -0.1) is 0 Å². The van der Waals surface area contributed by atoms with Crippen LogP contribution in [-0.2, 0) is 15.6 Å². The fourth-order valence-electron chi connectivity index (χ4n) is 9.69. The van der Waals surface area contributed by atoms with E-state index in [4.69, 9.17) is 17.0 Å². The van der Waals surface area contributed by atoms with Gasteiger partial charge in [-0.25, -0.2) is 0 Å². The molecule has 0 saturated carbocycles. The monoisotopic (exact) mass is 785 g/mol. The standard InChI is InChI=1S/2C22H19.C2H7Si.2ClH.Zr/c1-14-11-20-15(2)13-16(3)22(21(20)12-14)19-10-6-8-17-7-4-5-9-18(17)19;1-15(2)18-13-17-9-6-12-21(22(17)14-18)20-11-5-8-16-7-3-4-10-19(16)20;1-3-2;;;/h4-13H,1-3H3;3-15H,1-2H3;3H,1-2H3;2*1H;/q;;;;;+2/p-2. The third kappa shape index (κ3) is 4.93. The predicted molar refractivity (Wildman–Crippen MR) is 221 cm³/mol. The van der Waals surface area contributed by atoms with Crippen molar-refractivity contribution in [3.8, 4) is 22.3 Å². The van der Waals surface area contributed by atoms with Crippen molar-refractivity contribution in [2.75, 3.05) is 0 Å². The summed E-state index contributed by atoms with van der Waals surface area (Å²) in [6.07, 6.45) is 4.96. The van der Waals surface area contributed by atoms with Crippen molar-refractivity contribution in [2.24, 2.45) is 5.92 Å². The molecule has 2 atom stereocenters. The quantitative estimate of drug-likeness (QED) is 0.148. The van der Waals surface area contributed by atoms with Crippen LogP contribution >= 0.6 is 17.0 Å². The van der Waals surface area contributed by atoms with Gasteiger partial charge in [-0.05, 0) is 0 Å². The van der Waals surface area contributed by atoms with E-state index >= 15 is 0 Å². The van der Waals surface area contributed by atoms with Crippen molar-refractivity contribution >= 4 is 56.6 Å². The van der Waals surface area contributed by atoms with E-state index in [0.717, 1.165) is 0 Å². The Morgan fingerprint density at radius 1 is 0.600 bits per heavy atom. The van der Waals surface area contributed by atoms with Crippen LogP contribution in [0.4, 0.5) is 0 Å². The van der Waals surface area contributed by atoms with Crippen molar-refractivity contribution in [3.63, 3.8) is 0 Å². The fraction of sp³-hybridized carbons (Fsp3) is 0.217. The number of benzene rings is 6. The average Bonchev–Trinajstić information content (AvgIpc) is 3.68. The number of hydrogen-bond acceptors (Lipinski definition) is 0. The molecule has 251 valence electrons. The first kappa shape index (κ1) is 34.1. The van der Waals surface area contributed by atoms with Gasteiger partial charge in [0.2, 0.25) is 0 Å². The van der Waals surface area contributed by atoms with Crippen molar-refractivity contribution in [2.45, 2.75) is 55.0 Å². The number of hydrogen-bond donors (Lipinski definition) is 0. The van der Waals surface area contributed by atoms with E-state index in [-0.39, 0.29) is 7.25 Å². The molecule has 50 heavy (non-hydrogen) atoms. The van der Waals surface area contributed by atoms with E-state index in [1.807, 2.05) is 0 Å². The molecule has 2 aliphatic carbocycles. The molecule has 0 heterocycles. The SMILES string of the molecule is CC1=Cc2c(-c3cccc4ccccc34)c(C)cc(C)c2[CH]1[Zr]([Cl])([Cl])([CH]1C(C(C)C)=Cc2c(-c3cccc4ccccc34)cccc21)[SiH](C)C. The molecule has 0 fully saturated rings. The first-order chi connectivity index (χ1) is 23.9. The summed E-state index contributed by atoms with van der Waals surface area (Å²) in [5.74, 6) is -1.37. The van der Waals surface area contributed by atoms with E-state index in [1.165, 1.54) is 88.3 Å². The molecule has 6 aromatic carbocycles. The molecule has 0 aromatic heterocycles. The molecule has 0 bridgehead atoms. The Kier molecular flexibility index (Phi) is 8.39. The van der Waals surface area contributed by atoms with Crippen LogP contribution in [0.5, 0.6) is 0 Å². The van der Waals surface area contributed by atoms with Crippen LogP contribution in [0.25, 0.3) is 56.0 Å². The third-order valence-corrected chi connectivity index (χ3v) is 63.9. The van der Waals surface area contributed by atoms with Gasteiger partial charge in [0.05, 0.1) is 0 Å². The fourth-order valence-corrected chi connectivity index (χ4v) is 41.9. The van der Waals surface area contributed by atoms with Crippen LogP contribution in [0, 0.1) is 19.8 Å². The van der Waals surface area contributed by atoms with Gasteiger partial charge in [0.25, 0.3) is 0 Å². The van der Waals surface area contributed by atoms with Crippen molar-refractivity contribution in [1.82, 2.24) is 0 Å². The summed E-state index contributed by atoms with van der Waals surface area (Å²) in [5, 5.41) is 5.09. The zero-order chi connectivity index (χ0) is 35.1. The topological polar surface area (TPSA) is 0 Å². The molecule has 0 spiro atoms. The molecule has 6 aromatic rings. The predicted octanol–water partition coefficient (Wildman–Crippen LogP) is 14.2. The maximum atomic E-state index is 8.79. The van der Waals surface area contributed by atoms with Crippen molar-refractivity contribution in [3.05, 3.63) is 154 Å². The molecular formula is C46H45Cl2SiZr. The normalized spacial score (nSPS) is 17.9. The molecule has 0 aliphatic heterocycles. The molecule has 2 unspecified atom stereocenters. The van der Waals surface area contributed by atoms with E-state index in [2.05, 4.69) is 169 Å². The summed E-state index contributed by atoms with van der Waals surface area (Å²) >= 11 is -4.94. The Morgan fingerprint density at radius 2 is 1.16 bits per heavy atom. The van der Waals surface area contributed by atoms with Gasteiger partial charge < -0.3 is 0 Å². The van der Waals surface area contributed by atoms with E-state index in [9.17, 15) is 0 Å². The van der Waals surface area contributed by atoms with Crippen LogP contribution in [-0.4, -0.2) is 5.92 Å². The van der Waals surface area contributed by atoms with Gasteiger partial charge in [0.15, 0.2) is 0 Å². The Balaban J connectivity index is 1.38. The van der Waals surface area contributed by atoms with Gasteiger partial charge in [0.1, 0.15) is 0 Å². The van der Waals surface area contributed by atoms with Gasteiger partial charge >= 0.3 is 309 Å². The minimum atomic E-state index is -4.94. The van der Waals surface area contributed by atoms with Crippen LogP contribution in [0.3, 0.4) is 0 Å². The number of rotatable bonds is 6. The zero-order valence-electron chi connectivity index (χ0n) is 30.1. The van der Waals surface area contributed by atoms with Gasteiger partial charge in [-0.1, -0.05) is 0 Å². The second kappa shape index (κ2) is 12.3. The molecule has 0 saturated heterocycles. The third-order valence-electron chi connectivity index (χ3n) is 12.0. The molecule has 0 N–H and O–H groups in total. The van der Waals surface area contributed by atoms with Crippen molar-refractivity contribution < 1.29 is 15.6 Å². The first-order valence-corrected chi connectivity index (χ1v) is 34.4. The van der Waals surface area contributed by atoms with Crippen LogP contribution < -0.4 is 0 Å². The summed E-state index contributed by atoms with van der Waals surface area (Å²) in [6.45, 7) is 16.5. The molecule has 2 aliphatic rings. The summed E-state index contributed by atoms with van der Waals surface area (Å²) in [5.41, 5.74) is 15.9. The summed E-state index contributed by atoms with van der Waals surface area (Å²) in [7, 11) is 17.6. The molecule has 0 radical (unpaired) electrons. The number of halogens is 2. The van der Waals surface area contributed by atoms with E-state index in [1.54, 1.807) is 0 Å². The Morgan fingerprint density at radius 3 is 1.80 bits per heavy atom. The molecular weight excluding hydrogens is 743 g/mol. The van der Waals surface area contributed by atoms with Gasteiger partial charge in [-0.2, -0.15) is 0 Å². The number of fused-ring (bicyclic) bond motifs is 4. The zero-order valence-corrected chi connectivity index (χ0v) is 35.2. The minimum absolute atomic E-state index is 0.0510. The molecule has 8 rings (SSSR count). The number of allylic oxidation sites excluding steroid dienone is 2. The van der Waals surface area contributed by atoms with Crippen LogP contribution in [0.1, 0.15) is 61.4 Å². The van der Waals surface area contributed by atoms with Gasteiger partial charge in [-0.3, -0.25) is 0 Å². The maximum absolute atomic E-state index is 8.79. The second-order valence-corrected chi connectivity index (χ2v) is 58.0. The Bertz CT molecular complexity index is 2420. The number of aryl methyl sites for hydroxylation is 2. The molecule has 0 amide bonds. The van der Waals surface area contributed by atoms with Crippen LogP contribution in [0.15, 0.2) is 120 Å². The van der Waals surface area contributed by atoms with Crippen LogP contribution in [0.2, 0.25) is 13.1 Å². The van der Waals surface area contributed by atoms with Gasteiger partial charge in [0, 0.05) is 0 Å². The molecule has 4 heteroatoms. The molecule has 0 nitrogen and oxygen atoms in total. The Hall–Kier alpha value is -3.00. The summed E-state index contributed by atoms with van der Waals surface area (Å²) < 4.78 is 0.104. The summed E-state index contributed by atoms with van der Waals surface area (Å²) in [4.78, 5) is 0. The van der Waals surface area contributed by atoms with E-state index < -0.39 is 21.5 Å². The van der Waals surface area contributed by atoms with E-state index in [0.29, 0.717) is 5.92 Å². The average molecular weight is 788 g/mol. The van der Waals surface area contributed by atoms with Crippen molar-refractivity contribution in [1.29, 1.82) is 0 Å².